The molecule has 0 aliphatic heterocycles. The summed E-state index contributed by atoms with van der Waals surface area (Å²) < 4.78 is 5.23. The summed E-state index contributed by atoms with van der Waals surface area (Å²) in [5.74, 6) is 1.39. The van der Waals surface area contributed by atoms with E-state index in [-0.39, 0.29) is 5.54 Å². The second kappa shape index (κ2) is 5.90. The Morgan fingerprint density at radius 3 is 2.62 bits per heavy atom. The van der Waals surface area contributed by atoms with Gasteiger partial charge in [-0.3, -0.25) is 4.90 Å². The Labute approximate surface area is 126 Å². The van der Waals surface area contributed by atoms with Gasteiger partial charge in [0.15, 0.2) is 0 Å². The van der Waals surface area contributed by atoms with Crippen LogP contribution in [0.4, 0.5) is 5.82 Å². The summed E-state index contributed by atoms with van der Waals surface area (Å²) in [4.78, 5) is 6.83. The fraction of sp³-hybridized carbons (Fsp3) is 0.471. The number of nitrogens with two attached hydrogens (primary N) is 1. The minimum Gasteiger partial charge on any atom is -0.497 e. The SMILES string of the molecule is CCC(C)(C)N(C)Cc1cc2ccc(OC)cc2nc1N. The molecule has 0 atom stereocenters. The molecule has 0 spiro atoms. The highest BCUT2D eigenvalue weighted by Gasteiger charge is 2.22. The zero-order chi connectivity index (χ0) is 15.6. The van der Waals surface area contributed by atoms with Crippen LogP contribution in [0.1, 0.15) is 32.8 Å². The van der Waals surface area contributed by atoms with E-state index in [1.54, 1.807) is 7.11 Å². The zero-order valence-corrected chi connectivity index (χ0v) is 13.6. The largest absolute Gasteiger partial charge is 0.497 e. The van der Waals surface area contributed by atoms with Crippen LogP contribution in [-0.2, 0) is 6.54 Å². The molecule has 0 saturated heterocycles. The normalized spacial score (nSPS) is 12.1. The molecule has 1 heterocycles. The van der Waals surface area contributed by atoms with E-state index in [2.05, 4.69) is 43.8 Å². The van der Waals surface area contributed by atoms with Crippen LogP contribution in [0.15, 0.2) is 24.3 Å². The Kier molecular flexibility index (Phi) is 4.37. The van der Waals surface area contributed by atoms with Gasteiger partial charge < -0.3 is 10.5 Å². The standard InChI is InChI=1S/C17H25N3O/c1-6-17(2,3)20(4)11-13-9-12-7-8-14(21-5)10-15(12)19-16(13)18/h7-10H,6,11H2,1-5H3,(H2,18,19). The minimum atomic E-state index is 0.140. The highest BCUT2D eigenvalue weighted by molar-refractivity contribution is 5.82. The molecule has 0 amide bonds. The van der Waals surface area contributed by atoms with Crippen LogP contribution in [-0.4, -0.2) is 29.6 Å². The van der Waals surface area contributed by atoms with Crippen LogP contribution in [0.3, 0.4) is 0 Å². The second-order valence-electron chi connectivity index (χ2n) is 6.11. The van der Waals surface area contributed by atoms with Crippen LogP contribution >= 0.6 is 0 Å². The van der Waals surface area contributed by atoms with Gasteiger partial charge in [0.2, 0.25) is 0 Å². The van der Waals surface area contributed by atoms with Crippen LogP contribution in [0.2, 0.25) is 0 Å². The number of pyridine rings is 1. The molecular formula is C17H25N3O. The lowest BCUT2D eigenvalue weighted by Crippen LogP contribution is -2.40. The van der Waals surface area contributed by atoms with Crippen molar-refractivity contribution in [3.05, 3.63) is 29.8 Å². The van der Waals surface area contributed by atoms with Crippen LogP contribution in [0.5, 0.6) is 5.75 Å². The monoisotopic (exact) mass is 287 g/mol. The van der Waals surface area contributed by atoms with Gasteiger partial charge in [0.1, 0.15) is 11.6 Å². The maximum atomic E-state index is 6.13. The number of nitrogens with zero attached hydrogens (tertiary/aromatic N) is 2. The number of ether oxygens (including phenoxy) is 1. The molecule has 0 aliphatic rings. The average molecular weight is 287 g/mol. The Hall–Kier alpha value is -1.81. The molecule has 114 valence electrons. The number of nitrogen functional groups attached to an aromatic ring is 1. The lowest BCUT2D eigenvalue weighted by atomic mass is 9.99. The van der Waals surface area contributed by atoms with Crippen LogP contribution < -0.4 is 10.5 Å². The Bertz CT molecular complexity index is 637. The van der Waals surface area contributed by atoms with Gasteiger partial charge in [0.05, 0.1) is 12.6 Å². The molecule has 2 N–H and O–H groups in total. The van der Waals surface area contributed by atoms with Gasteiger partial charge in [-0.05, 0) is 45.5 Å². The van der Waals surface area contributed by atoms with E-state index in [4.69, 9.17) is 10.5 Å². The lowest BCUT2D eigenvalue weighted by Gasteiger charge is -2.35. The van der Waals surface area contributed by atoms with Crippen LogP contribution in [0, 0.1) is 0 Å². The fourth-order valence-corrected chi connectivity index (χ4v) is 2.20. The number of rotatable bonds is 5. The third-order valence-electron chi connectivity index (χ3n) is 4.44. The van der Waals surface area contributed by atoms with E-state index >= 15 is 0 Å². The van der Waals surface area contributed by atoms with Crippen molar-refractivity contribution in [2.24, 2.45) is 0 Å². The molecule has 2 rings (SSSR count). The van der Waals surface area contributed by atoms with E-state index in [1.165, 1.54) is 0 Å². The smallest absolute Gasteiger partial charge is 0.128 e. The third-order valence-corrected chi connectivity index (χ3v) is 4.44. The molecule has 4 nitrogen and oxygen atoms in total. The van der Waals surface area contributed by atoms with Gasteiger partial charge in [-0.2, -0.15) is 0 Å². The lowest BCUT2D eigenvalue weighted by molar-refractivity contribution is 0.143. The predicted molar refractivity (Wildman–Crippen MR) is 88.5 cm³/mol. The Morgan fingerprint density at radius 2 is 2.00 bits per heavy atom. The number of fused-ring (bicyclic) bond motifs is 1. The molecule has 1 aromatic heterocycles. The van der Waals surface area contributed by atoms with E-state index in [9.17, 15) is 0 Å². The summed E-state index contributed by atoms with van der Waals surface area (Å²) in [7, 11) is 3.78. The number of methoxy groups -OCH3 is 1. The van der Waals surface area contributed by atoms with Gasteiger partial charge in [0, 0.05) is 29.1 Å². The maximum absolute atomic E-state index is 6.13. The zero-order valence-electron chi connectivity index (χ0n) is 13.6. The summed E-state index contributed by atoms with van der Waals surface area (Å²) >= 11 is 0. The molecule has 0 saturated carbocycles. The van der Waals surface area contributed by atoms with E-state index in [0.29, 0.717) is 5.82 Å². The van der Waals surface area contributed by atoms with Crippen LogP contribution in [0.25, 0.3) is 10.9 Å². The highest BCUT2D eigenvalue weighted by Crippen LogP contribution is 2.26. The topological polar surface area (TPSA) is 51.4 Å². The molecule has 0 radical (unpaired) electrons. The van der Waals surface area contributed by atoms with Gasteiger partial charge in [-0.15, -0.1) is 0 Å². The highest BCUT2D eigenvalue weighted by atomic mass is 16.5. The first-order chi connectivity index (χ1) is 9.87. The first-order valence-electron chi connectivity index (χ1n) is 7.31. The van der Waals surface area contributed by atoms with Crippen molar-refractivity contribution in [1.82, 2.24) is 9.88 Å². The van der Waals surface area contributed by atoms with Gasteiger partial charge in [-0.1, -0.05) is 6.92 Å². The van der Waals surface area contributed by atoms with Crippen molar-refractivity contribution in [2.45, 2.75) is 39.3 Å². The minimum absolute atomic E-state index is 0.140. The molecule has 4 heteroatoms. The number of hydrogen-bond acceptors (Lipinski definition) is 4. The molecule has 0 bridgehead atoms. The van der Waals surface area contributed by atoms with E-state index < -0.39 is 0 Å². The summed E-state index contributed by atoms with van der Waals surface area (Å²) in [6.07, 6.45) is 1.08. The van der Waals surface area contributed by atoms with Crippen molar-refractivity contribution < 1.29 is 4.74 Å². The van der Waals surface area contributed by atoms with Crippen molar-refractivity contribution in [3.8, 4) is 5.75 Å². The first-order valence-corrected chi connectivity index (χ1v) is 7.31. The first kappa shape index (κ1) is 15.6. The molecule has 0 aliphatic carbocycles. The van der Waals surface area contributed by atoms with Crippen molar-refractivity contribution in [3.63, 3.8) is 0 Å². The summed E-state index contributed by atoms with van der Waals surface area (Å²) in [6, 6.07) is 8.01. The van der Waals surface area contributed by atoms with Gasteiger partial charge in [-0.25, -0.2) is 4.98 Å². The number of anilines is 1. The molecule has 21 heavy (non-hydrogen) atoms. The number of benzene rings is 1. The summed E-state index contributed by atoms with van der Waals surface area (Å²) in [5.41, 5.74) is 8.21. The Balaban J connectivity index is 2.35. The van der Waals surface area contributed by atoms with E-state index in [1.807, 2.05) is 18.2 Å². The predicted octanol–water partition coefficient (Wildman–Crippen LogP) is 3.45. The third kappa shape index (κ3) is 3.27. The molecular weight excluding hydrogens is 262 g/mol. The quantitative estimate of drug-likeness (QED) is 0.915. The summed E-state index contributed by atoms with van der Waals surface area (Å²) in [6.45, 7) is 7.47. The fourth-order valence-electron chi connectivity index (χ4n) is 2.20. The molecule has 0 unspecified atom stereocenters. The van der Waals surface area contributed by atoms with Crippen molar-refractivity contribution in [1.29, 1.82) is 0 Å². The average Bonchev–Trinajstić information content (AvgIpc) is 2.47. The number of hydrogen-bond donors (Lipinski definition) is 1. The van der Waals surface area contributed by atoms with Gasteiger partial charge in [0.25, 0.3) is 0 Å². The molecule has 1 aromatic carbocycles. The second-order valence-corrected chi connectivity index (χ2v) is 6.11. The molecule has 0 fully saturated rings. The van der Waals surface area contributed by atoms with Crippen molar-refractivity contribution >= 4 is 16.7 Å². The molecule has 2 aromatic rings. The summed E-state index contributed by atoms with van der Waals surface area (Å²) in [5, 5.41) is 1.09. The van der Waals surface area contributed by atoms with E-state index in [0.717, 1.165) is 35.2 Å². The Morgan fingerprint density at radius 1 is 1.29 bits per heavy atom. The number of aromatic nitrogens is 1. The van der Waals surface area contributed by atoms with Crippen molar-refractivity contribution in [2.75, 3.05) is 19.9 Å². The van der Waals surface area contributed by atoms with Gasteiger partial charge >= 0.3 is 0 Å². The maximum Gasteiger partial charge on any atom is 0.128 e.